The second-order valence-electron chi connectivity index (χ2n) is 7.79. The van der Waals surface area contributed by atoms with E-state index < -0.39 is 23.8 Å². The van der Waals surface area contributed by atoms with E-state index in [4.69, 9.17) is 19.9 Å². The third kappa shape index (κ3) is 4.93. The van der Waals surface area contributed by atoms with E-state index in [1.165, 1.54) is 11.7 Å². The van der Waals surface area contributed by atoms with Crippen LogP contribution in [-0.4, -0.2) is 42.7 Å². The molecular weight excluding hydrogens is 462 g/mol. The van der Waals surface area contributed by atoms with Gasteiger partial charge in [-0.3, -0.25) is 4.79 Å². The molecule has 1 amide bonds. The van der Waals surface area contributed by atoms with E-state index in [-0.39, 0.29) is 35.7 Å². The number of primary amides is 1. The van der Waals surface area contributed by atoms with Crippen LogP contribution in [0.15, 0.2) is 48.5 Å². The molecule has 0 saturated heterocycles. The number of amides is 1. The van der Waals surface area contributed by atoms with Crippen molar-refractivity contribution < 1.29 is 28.6 Å². The van der Waals surface area contributed by atoms with Gasteiger partial charge < -0.3 is 24.5 Å². The van der Waals surface area contributed by atoms with Crippen LogP contribution in [-0.2, 0) is 14.3 Å². The Hall–Kier alpha value is -4.58. The van der Waals surface area contributed by atoms with Gasteiger partial charge in [0.2, 0.25) is 5.91 Å². The first kappa shape index (κ1) is 26.0. The van der Waals surface area contributed by atoms with Gasteiger partial charge in [0.05, 0.1) is 37.7 Å². The molecule has 0 spiro atoms. The number of aromatic nitrogens is 1. The van der Waals surface area contributed by atoms with Crippen LogP contribution in [0.5, 0.6) is 5.75 Å². The van der Waals surface area contributed by atoms with Crippen molar-refractivity contribution in [3.8, 4) is 28.8 Å². The van der Waals surface area contributed by atoms with Gasteiger partial charge in [0, 0.05) is 11.3 Å². The molecule has 0 bridgehead atoms. The lowest BCUT2D eigenvalue weighted by molar-refractivity contribution is -0.118. The fourth-order valence-corrected chi connectivity index (χ4v) is 3.93. The Balaban J connectivity index is 2.59. The molecule has 0 radical (unpaired) electrons. The molecular formula is C27H27N3O6. The number of carbonyl (C=O) groups excluding carboxylic acids is 3. The Bertz CT molecular complexity index is 1320. The van der Waals surface area contributed by atoms with Crippen molar-refractivity contribution in [2.45, 2.75) is 26.7 Å². The molecule has 0 aliphatic carbocycles. The van der Waals surface area contributed by atoms with Crippen LogP contribution in [0.4, 0.5) is 0 Å². The molecule has 9 heteroatoms. The van der Waals surface area contributed by atoms with Crippen molar-refractivity contribution in [1.82, 2.24) is 4.57 Å². The van der Waals surface area contributed by atoms with Gasteiger partial charge in [0.25, 0.3) is 0 Å². The molecule has 2 aromatic carbocycles. The molecule has 0 fully saturated rings. The van der Waals surface area contributed by atoms with Crippen LogP contribution >= 0.6 is 0 Å². The molecule has 36 heavy (non-hydrogen) atoms. The quantitative estimate of drug-likeness (QED) is 0.451. The van der Waals surface area contributed by atoms with E-state index in [2.05, 4.69) is 0 Å². The van der Waals surface area contributed by atoms with Gasteiger partial charge in [-0.2, -0.15) is 5.26 Å². The van der Waals surface area contributed by atoms with E-state index in [0.717, 1.165) is 5.56 Å². The topological polar surface area (TPSA) is 134 Å². The SMILES string of the molecule is CCOC(=O)c1c(C(C#N)C(N)=O)c(-c2ccc(C)cc2)n(-c2ccc(OC)cc2)c1C(=O)OCC. The van der Waals surface area contributed by atoms with Gasteiger partial charge in [-0.15, -0.1) is 0 Å². The van der Waals surface area contributed by atoms with E-state index in [9.17, 15) is 19.6 Å². The molecule has 1 unspecified atom stereocenters. The standard InChI is InChI=1S/C27H27N3O6/c1-5-35-26(32)22-21(20(15-28)25(29)31)23(17-9-7-16(3)8-10-17)30(24(22)27(33)36-6-2)18-11-13-19(34-4)14-12-18/h7-14,20H,5-6H2,1-4H3,(H2,29,31). The van der Waals surface area contributed by atoms with E-state index in [1.54, 1.807) is 50.2 Å². The Labute approximate surface area is 209 Å². The number of nitrogens with two attached hydrogens (primary N) is 1. The minimum absolute atomic E-state index is 0.00190. The van der Waals surface area contributed by atoms with Gasteiger partial charge in [-0.25, -0.2) is 9.59 Å². The highest BCUT2D eigenvalue weighted by atomic mass is 16.5. The van der Waals surface area contributed by atoms with Gasteiger partial charge in [-0.1, -0.05) is 29.8 Å². The Morgan fingerprint density at radius 2 is 1.56 bits per heavy atom. The maximum absolute atomic E-state index is 13.3. The van der Waals surface area contributed by atoms with Crippen molar-refractivity contribution >= 4 is 17.8 Å². The number of hydrogen-bond donors (Lipinski definition) is 1. The maximum atomic E-state index is 13.3. The number of hydrogen-bond acceptors (Lipinski definition) is 7. The van der Waals surface area contributed by atoms with Crippen LogP contribution < -0.4 is 10.5 Å². The smallest absolute Gasteiger partial charge is 0.356 e. The lowest BCUT2D eigenvalue weighted by Crippen LogP contribution is -2.23. The molecule has 3 rings (SSSR count). The first-order valence-corrected chi connectivity index (χ1v) is 11.3. The van der Waals surface area contributed by atoms with Crippen LogP contribution in [0.2, 0.25) is 0 Å². The normalized spacial score (nSPS) is 11.3. The minimum atomic E-state index is -1.55. The highest BCUT2D eigenvalue weighted by Crippen LogP contribution is 2.40. The summed E-state index contributed by atoms with van der Waals surface area (Å²) in [5.41, 5.74) is 7.42. The van der Waals surface area contributed by atoms with Gasteiger partial charge in [-0.05, 0) is 50.6 Å². The van der Waals surface area contributed by atoms with Crippen LogP contribution in [0.1, 0.15) is 51.7 Å². The molecule has 1 aromatic heterocycles. The van der Waals surface area contributed by atoms with E-state index in [0.29, 0.717) is 17.0 Å². The fraction of sp³-hybridized carbons (Fsp3) is 0.259. The summed E-state index contributed by atoms with van der Waals surface area (Å²) in [6.07, 6.45) is 0. The molecule has 3 aromatic rings. The van der Waals surface area contributed by atoms with E-state index in [1.807, 2.05) is 25.1 Å². The third-order valence-electron chi connectivity index (χ3n) is 5.51. The number of benzene rings is 2. The average molecular weight is 490 g/mol. The molecule has 0 saturated carbocycles. The van der Waals surface area contributed by atoms with Crippen molar-refractivity contribution in [2.24, 2.45) is 5.73 Å². The molecule has 0 aliphatic heterocycles. The number of rotatable bonds is 9. The maximum Gasteiger partial charge on any atom is 0.356 e. The second-order valence-corrected chi connectivity index (χ2v) is 7.79. The summed E-state index contributed by atoms with van der Waals surface area (Å²) in [4.78, 5) is 39.1. The summed E-state index contributed by atoms with van der Waals surface area (Å²) >= 11 is 0. The molecule has 1 heterocycles. The monoisotopic (exact) mass is 489 g/mol. The largest absolute Gasteiger partial charge is 0.497 e. The minimum Gasteiger partial charge on any atom is -0.497 e. The molecule has 9 nitrogen and oxygen atoms in total. The number of carbonyl (C=O) groups is 3. The number of esters is 2. The van der Waals surface area contributed by atoms with Crippen LogP contribution in [0.25, 0.3) is 16.9 Å². The number of nitrogens with zero attached hydrogens (tertiary/aromatic N) is 2. The van der Waals surface area contributed by atoms with Crippen molar-refractivity contribution in [2.75, 3.05) is 20.3 Å². The zero-order valence-electron chi connectivity index (χ0n) is 20.5. The zero-order valence-corrected chi connectivity index (χ0v) is 20.5. The second kappa shape index (κ2) is 11.2. The number of ether oxygens (including phenoxy) is 3. The molecule has 1 atom stereocenters. The number of aryl methyl sites for hydroxylation is 1. The first-order chi connectivity index (χ1) is 17.3. The predicted molar refractivity (Wildman–Crippen MR) is 132 cm³/mol. The van der Waals surface area contributed by atoms with Crippen molar-refractivity contribution in [3.63, 3.8) is 0 Å². The summed E-state index contributed by atoms with van der Waals surface area (Å²) in [7, 11) is 1.52. The zero-order chi connectivity index (χ0) is 26.4. The predicted octanol–water partition coefficient (Wildman–Crippen LogP) is 3.91. The van der Waals surface area contributed by atoms with Gasteiger partial charge >= 0.3 is 11.9 Å². The first-order valence-electron chi connectivity index (χ1n) is 11.3. The Morgan fingerprint density at radius 3 is 2.06 bits per heavy atom. The van der Waals surface area contributed by atoms with Gasteiger partial charge in [0.1, 0.15) is 11.4 Å². The Morgan fingerprint density at radius 1 is 0.972 bits per heavy atom. The van der Waals surface area contributed by atoms with E-state index >= 15 is 0 Å². The molecule has 186 valence electrons. The van der Waals surface area contributed by atoms with Crippen molar-refractivity contribution in [1.29, 1.82) is 5.26 Å². The average Bonchev–Trinajstić information content (AvgIpc) is 3.21. The number of methoxy groups -OCH3 is 1. The summed E-state index contributed by atoms with van der Waals surface area (Å²) in [6.45, 7) is 5.18. The summed E-state index contributed by atoms with van der Waals surface area (Å²) in [5.74, 6) is -3.65. The molecule has 2 N–H and O–H groups in total. The van der Waals surface area contributed by atoms with Gasteiger partial charge in [0.15, 0.2) is 5.92 Å². The Kier molecular flexibility index (Phi) is 8.12. The lowest BCUT2D eigenvalue weighted by Gasteiger charge is -2.16. The summed E-state index contributed by atoms with van der Waals surface area (Å²) in [5, 5.41) is 9.94. The number of nitriles is 1. The van der Waals surface area contributed by atoms with Crippen LogP contribution in [0, 0.1) is 18.3 Å². The highest BCUT2D eigenvalue weighted by Gasteiger charge is 2.39. The molecule has 0 aliphatic rings. The highest BCUT2D eigenvalue weighted by molar-refractivity contribution is 6.08. The fourth-order valence-electron chi connectivity index (χ4n) is 3.93. The summed E-state index contributed by atoms with van der Waals surface area (Å²) in [6, 6.07) is 15.8. The lowest BCUT2D eigenvalue weighted by atomic mass is 9.92. The van der Waals surface area contributed by atoms with Crippen LogP contribution in [0.3, 0.4) is 0 Å². The summed E-state index contributed by atoms with van der Waals surface area (Å²) < 4.78 is 17.3. The third-order valence-corrected chi connectivity index (χ3v) is 5.51. The van der Waals surface area contributed by atoms with Crippen molar-refractivity contribution in [3.05, 3.63) is 70.9 Å².